The Balaban J connectivity index is 1.62. The number of amides is 1. The first-order valence-corrected chi connectivity index (χ1v) is 9.41. The maximum Gasteiger partial charge on any atom is 0.307 e. The van der Waals surface area contributed by atoms with E-state index < -0.39 is 17.8 Å². The van der Waals surface area contributed by atoms with Gasteiger partial charge in [-0.05, 0) is 29.4 Å². The van der Waals surface area contributed by atoms with Gasteiger partial charge < -0.3 is 10.0 Å². The largest absolute Gasteiger partial charge is 0.481 e. The molecule has 0 aromatic heterocycles. The number of carboxylic acids is 1. The predicted molar refractivity (Wildman–Crippen MR) is 102 cm³/mol. The average Bonchev–Trinajstić information content (AvgIpc) is 3.30. The number of nitrogens with zero attached hydrogens (tertiary/aromatic N) is 1. The third kappa shape index (κ3) is 3.52. The van der Waals surface area contributed by atoms with E-state index in [-0.39, 0.29) is 17.7 Å². The molecule has 4 rings (SSSR count). The number of benzene rings is 2. The number of aliphatic carboxylic acids is 1. The van der Waals surface area contributed by atoms with Crippen molar-refractivity contribution in [3.05, 3.63) is 83.9 Å². The number of rotatable bonds is 6. The highest BCUT2D eigenvalue weighted by Gasteiger charge is 2.52. The van der Waals surface area contributed by atoms with E-state index in [9.17, 15) is 14.7 Å². The highest BCUT2D eigenvalue weighted by atomic mass is 16.4. The van der Waals surface area contributed by atoms with Crippen molar-refractivity contribution in [3.8, 4) is 0 Å². The first kappa shape index (κ1) is 17.5. The van der Waals surface area contributed by atoms with Crippen LogP contribution in [0.1, 0.15) is 17.5 Å². The molecule has 0 saturated heterocycles. The summed E-state index contributed by atoms with van der Waals surface area (Å²) in [4.78, 5) is 27.1. The standard InChI is InChI=1S/C23H23NO3/c25-22(20-18-11-12-19(13-18)21(20)23(26)27)24(14-16-7-3-1-4-8-16)15-17-9-5-2-6-10-17/h1-12,18-21H,13-15H2,(H,26,27)/t18-,19+,20+,21+/m1/s1. The van der Waals surface area contributed by atoms with Crippen LogP contribution in [0.3, 0.4) is 0 Å². The van der Waals surface area contributed by atoms with Gasteiger partial charge in [-0.3, -0.25) is 9.59 Å². The molecule has 2 aromatic carbocycles. The molecule has 0 spiro atoms. The number of carbonyl (C=O) groups excluding carboxylic acids is 1. The van der Waals surface area contributed by atoms with Gasteiger partial charge >= 0.3 is 5.97 Å². The number of allylic oxidation sites excluding steroid dienone is 2. The fraction of sp³-hybridized carbons (Fsp3) is 0.304. The zero-order valence-electron chi connectivity index (χ0n) is 15.1. The summed E-state index contributed by atoms with van der Waals surface area (Å²) < 4.78 is 0. The van der Waals surface area contributed by atoms with Crippen LogP contribution < -0.4 is 0 Å². The van der Waals surface area contributed by atoms with E-state index in [0.29, 0.717) is 13.1 Å². The summed E-state index contributed by atoms with van der Waals surface area (Å²) in [7, 11) is 0. The molecule has 1 saturated carbocycles. The monoisotopic (exact) mass is 361 g/mol. The molecule has 138 valence electrons. The van der Waals surface area contributed by atoms with Gasteiger partial charge in [0.1, 0.15) is 0 Å². The maximum atomic E-state index is 13.5. The zero-order chi connectivity index (χ0) is 18.8. The Kier molecular flexibility index (Phi) is 4.80. The predicted octanol–water partition coefficient (Wildman–Crippen LogP) is 3.74. The summed E-state index contributed by atoms with van der Waals surface area (Å²) >= 11 is 0. The summed E-state index contributed by atoms with van der Waals surface area (Å²) in [5, 5.41) is 9.71. The number of carboxylic acid groups (broad SMARTS) is 1. The minimum absolute atomic E-state index is 0.0169. The number of fused-ring (bicyclic) bond motifs is 2. The second-order valence-electron chi connectivity index (χ2n) is 7.50. The van der Waals surface area contributed by atoms with E-state index in [0.717, 1.165) is 17.5 Å². The zero-order valence-corrected chi connectivity index (χ0v) is 15.1. The molecule has 2 bridgehead atoms. The van der Waals surface area contributed by atoms with Gasteiger partial charge in [-0.25, -0.2) is 0 Å². The minimum Gasteiger partial charge on any atom is -0.481 e. The lowest BCUT2D eigenvalue weighted by molar-refractivity contribution is -0.151. The van der Waals surface area contributed by atoms with Gasteiger partial charge in [-0.1, -0.05) is 72.8 Å². The van der Waals surface area contributed by atoms with Crippen molar-refractivity contribution in [1.82, 2.24) is 4.90 Å². The molecule has 2 aliphatic rings. The van der Waals surface area contributed by atoms with E-state index >= 15 is 0 Å². The summed E-state index contributed by atoms with van der Waals surface area (Å²) in [5.74, 6) is -1.96. The van der Waals surface area contributed by atoms with Crippen LogP contribution in [0.2, 0.25) is 0 Å². The molecule has 4 heteroatoms. The van der Waals surface area contributed by atoms with Crippen LogP contribution in [0.25, 0.3) is 0 Å². The van der Waals surface area contributed by atoms with Gasteiger partial charge in [0, 0.05) is 13.1 Å². The normalized spacial score (nSPS) is 25.5. The first-order chi connectivity index (χ1) is 13.1. The lowest BCUT2D eigenvalue weighted by Crippen LogP contribution is -2.42. The molecule has 0 heterocycles. The Bertz CT molecular complexity index is 805. The Morgan fingerprint density at radius 3 is 1.78 bits per heavy atom. The Morgan fingerprint density at radius 1 is 0.815 bits per heavy atom. The molecule has 0 aliphatic heterocycles. The van der Waals surface area contributed by atoms with Gasteiger partial charge in [0.05, 0.1) is 11.8 Å². The smallest absolute Gasteiger partial charge is 0.307 e. The molecule has 2 aliphatic carbocycles. The summed E-state index contributed by atoms with van der Waals surface area (Å²) in [6.45, 7) is 0.969. The van der Waals surface area contributed by atoms with Crippen LogP contribution in [0.15, 0.2) is 72.8 Å². The molecule has 2 aromatic rings. The van der Waals surface area contributed by atoms with Crippen LogP contribution in [-0.4, -0.2) is 21.9 Å². The van der Waals surface area contributed by atoms with Crippen molar-refractivity contribution in [3.63, 3.8) is 0 Å². The summed E-state index contributed by atoms with van der Waals surface area (Å²) in [5.41, 5.74) is 2.10. The molecule has 0 radical (unpaired) electrons. The lowest BCUT2D eigenvalue weighted by Gasteiger charge is -2.31. The van der Waals surface area contributed by atoms with Gasteiger partial charge in [0.25, 0.3) is 0 Å². The molecule has 4 nitrogen and oxygen atoms in total. The number of carbonyl (C=O) groups is 2. The van der Waals surface area contributed by atoms with Crippen molar-refractivity contribution in [2.75, 3.05) is 0 Å². The van der Waals surface area contributed by atoms with E-state index in [2.05, 4.69) is 0 Å². The van der Waals surface area contributed by atoms with Gasteiger partial charge in [0.15, 0.2) is 0 Å². The fourth-order valence-corrected chi connectivity index (χ4v) is 4.53. The molecular formula is C23H23NO3. The summed E-state index contributed by atoms with van der Waals surface area (Å²) in [6.07, 6.45) is 4.79. The average molecular weight is 361 g/mol. The third-order valence-electron chi connectivity index (χ3n) is 5.77. The van der Waals surface area contributed by atoms with Crippen molar-refractivity contribution in [2.45, 2.75) is 19.5 Å². The van der Waals surface area contributed by atoms with Crippen LogP contribution >= 0.6 is 0 Å². The van der Waals surface area contributed by atoms with Gasteiger partial charge in [0.2, 0.25) is 5.91 Å². The maximum absolute atomic E-state index is 13.5. The molecule has 1 amide bonds. The quantitative estimate of drug-likeness (QED) is 0.798. The number of hydrogen-bond donors (Lipinski definition) is 1. The minimum atomic E-state index is -0.857. The lowest BCUT2D eigenvalue weighted by atomic mass is 9.82. The second-order valence-corrected chi connectivity index (χ2v) is 7.50. The van der Waals surface area contributed by atoms with Crippen LogP contribution in [0.4, 0.5) is 0 Å². The van der Waals surface area contributed by atoms with Crippen LogP contribution in [0.5, 0.6) is 0 Å². The van der Waals surface area contributed by atoms with Crippen molar-refractivity contribution in [2.24, 2.45) is 23.7 Å². The van der Waals surface area contributed by atoms with E-state index in [1.165, 1.54) is 0 Å². The topological polar surface area (TPSA) is 57.6 Å². The summed E-state index contributed by atoms with van der Waals surface area (Å²) in [6, 6.07) is 19.7. The Morgan fingerprint density at radius 2 is 1.30 bits per heavy atom. The number of hydrogen-bond acceptors (Lipinski definition) is 2. The molecule has 0 unspecified atom stereocenters. The van der Waals surface area contributed by atoms with Gasteiger partial charge in [-0.2, -0.15) is 0 Å². The second kappa shape index (κ2) is 7.39. The van der Waals surface area contributed by atoms with Crippen molar-refractivity contribution >= 4 is 11.9 Å². The first-order valence-electron chi connectivity index (χ1n) is 9.41. The molecule has 27 heavy (non-hydrogen) atoms. The molecule has 1 fully saturated rings. The van der Waals surface area contributed by atoms with Crippen LogP contribution in [0, 0.1) is 23.7 Å². The molecule has 1 N–H and O–H groups in total. The van der Waals surface area contributed by atoms with Crippen molar-refractivity contribution in [1.29, 1.82) is 0 Å². The van der Waals surface area contributed by atoms with Gasteiger partial charge in [-0.15, -0.1) is 0 Å². The third-order valence-corrected chi connectivity index (χ3v) is 5.77. The Hall–Kier alpha value is -2.88. The van der Waals surface area contributed by atoms with Crippen molar-refractivity contribution < 1.29 is 14.7 Å². The fourth-order valence-electron chi connectivity index (χ4n) is 4.53. The van der Waals surface area contributed by atoms with E-state index in [1.807, 2.05) is 77.7 Å². The Labute approximate surface area is 159 Å². The molecule has 4 atom stereocenters. The highest BCUT2D eigenvalue weighted by molar-refractivity contribution is 5.87. The van der Waals surface area contributed by atoms with E-state index in [1.54, 1.807) is 0 Å². The molecular weight excluding hydrogens is 338 g/mol. The van der Waals surface area contributed by atoms with E-state index in [4.69, 9.17) is 0 Å². The SMILES string of the molecule is O=C(O)[C@@H]1[C@@H](C(=O)N(Cc2ccccc2)Cc2ccccc2)[C@@H]2C=C[C@H]1C2. The van der Waals surface area contributed by atoms with Crippen LogP contribution in [-0.2, 0) is 22.7 Å². The highest BCUT2D eigenvalue weighted by Crippen LogP contribution is 2.49.